The van der Waals surface area contributed by atoms with Crippen LogP contribution in [0, 0.1) is 11.8 Å². The predicted octanol–water partition coefficient (Wildman–Crippen LogP) is 3.99. The van der Waals surface area contributed by atoms with Crippen molar-refractivity contribution in [3.8, 4) is 0 Å². The van der Waals surface area contributed by atoms with E-state index in [4.69, 9.17) is 0 Å². The fourth-order valence-corrected chi connectivity index (χ4v) is 3.13. The lowest BCUT2D eigenvalue weighted by molar-refractivity contribution is 0.268. The molecular formula is C16H26N2. The molecule has 2 unspecified atom stereocenters. The van der Waals surface area contributed by atoms with Crippen molar-refractivity contribution < 1.29 is 0 Å². The molecule has 0 bridgehead atoms. The molecule has 0 radical (unpaired) electrons. The summed E-state index contributed by atoms with van der Waals surface area (Å²) in [6, 6.07) is 9.21. The Hall–Kier alpha value is -1.18. The van der Waals surface area contributed by atoms with Crippen LogP contribution < -0.4 is 10.2 Å². The van der Waals surface area contributed by atoms with Gasteiger partial charge in [-0.25, -0.2) is 0 Å². The minimum Gasteiger partial charge on any atom is -0.380 e. The highest BCUT2D eigenvalue weighted by atomic mass is 15.1. The molecule has 2 nitrogen and oxygen atoms in total. The molecule has 2 rings (SSSR count). The van der Waals surface area contributed by atoms with E-state index >= 15 is 0 Å². The molecule has 1 fully saturated rings. The molecule has 2 atom stereocenters. The van der Waals surface area contributed by atoms with Gasteiger partial charge in [-0.05, 0) is 36.8 Å². The number of benzene rings is 1. The number of anilines is 2. The largest absolute Gasteiger partial charge is 0.380 e. The van der Waals surface area contributed by atoms with E-state index in [0.717, 1.165) is 11.8 Å². The Morgan fingerprint density at radius 3 is 2.28 bits per heavy atom. The molecule has 1 aromatic carbocycles. The lowest BCUT2D eigenvalue weighted by atomic mass is 9.78. The van der Waals surface area contributed by atoms with Crippen molar-refractivity contribution in [2.24, 2.45) is 11.8 Å². The number of nitrogens with one attached hydrogen (secondary N) is 1. The Morgan fingerprint density at radius 2 is 1.67 bits per heavy atom. The van der Waals surface area contributed by atoms with Gasteiger partial charge in [0.05, 0.1) is 11.4 Å². The second-order valence-corrected chi connectivity index (χ2v) is 5.97. The van der Waals surface area contributed by atoms with Gasteiger partial charge < -0.3 is 10.2 Å². The highest BCUT2D eigenvalue weighted by Crippen LogP contribution is 2.33. The summed E-state index contributed by atoms with van der Waals surface area (Å²) in [5.74, 6) is 1.54. The Bertz CT molecular complexity index is 376. The number of para-hydroxylation sites is 2. The first kappa shape index (κ1) is 13.3. The van der Waals surface area contributed by atoms with Crippen molar-refractivity contribution in [3.63, 3.8) is 0 Å². The van der Waals surface area contributed by atoms with Crippen molar-refractivity contribution in [2.45, 2.75) is 39.2 Å². The summed E-state index contributed by atoms with van der Waals surface area (Å²) in [6.07, 6.45) is 4.09. The summed E-state index contributed by atoms with van der Waals surface area (Å²) in [4.78, 5) is 2.18. The van der Waals surface area contributed by atoms with Crippen LogP contribution in [-0.4, -0.2) is 20.1 Å². The molecule has 0 amide bonds. The van der Waals surface area contributed by atoms with Gasteiger partial charge in [0.1, 0.15) is 0 Å². The molecule has 1 N–H and O–H groups in total. The first-order valence-corrected chi connectivity index (χ1v) is 7.12. The second kappa shape index (κ2) is 5.64. The smallest absolute Gasteiger partial charge is 0.0596 e. The van der Waals surface area contributed by atoms with E-state index in [1.807, 2.05) is 0 Å². The summed E-state index contributed by atoms with van der Waals surface area (Å²) in [6.45, 7) is 4.76. The van der Waals surface area contributed by atoms with E-state index in [0.29, 0.717) is 6.04 Å². The van der Waals surface area contributed by atoms with Gasteiger partial charge in [-0.1, -0.05) is 32.4 Å². The molecule has 100 valence electrons. The van der Waals surface area contributed by atoms with Crippen LogP contribution in [0.1, 0.15) is 33.1 Å². The van der Waals surface area contributed by atoms with Crippen LogP contribution in [0.2, 0.25) is 0 Å². The number of nitrogens with zero attached hydrogens (tertiary/aromatic N) is 1. The zero-order valence-electron chi connectivity index (χ0n) is 12.1. The van der Waals surface area contributed by atoms with Crippen LogP contribution >= 0.6 is 0 Å². The zero-order valence-corrected chi connectivity index (χ0v) is 12.1. The number of hydrogen-bond donors (Lipinski definition) is 1. The second-order valence-electron chi connectivity index (χ2n) is 5.97. The average molecular weight is 246 g/mol. The standard InChI is InChI=1S/C16H26N2/c1-12-8-7-9-13(2)16(12)17-14-10-5-6-11-15(14)18(3)4/h5-6,10-13,16-17H,7-9H2,1-4H3. The highest BCUT2D eigenvalue weighted by Gasteiger charge is 2.27. The molecule has 1 saturated carbocycles. The summed E-state index contributed by atoms with van der Waals surface area (Å²) in [5, 5.41) is 3.79. The summed E-state index contributed by atoms with van der Waals surface area (Å²) >= 11 is 0. The third kappa shape index (κ3) is 2.80. The van der Waals surface area contributed by atoms with Crippen molar-refractivity contribution in [3.05, 3.63) is 24.3 Å². The maximum Gasteiger partial charge on any atom is 0.0596 e. The summed E-state index contributed by atoms with van der Waals surface area (Å²) < 4.78 is 0. The average Bonchev–Trinajstić information content (AvgIpc) is 2.34. The first-order valence-electron chi connectivity index (χ1n) is 7.12. The number of rotatable bonds is 3. The molecule has 0 saturated heterocycles. The quantitative estimate of drug-likeness (QED) is 0.867. The Kier molecular flexibility index (Phi) is 4.15. The van der Waals surface area contributed by atoms with Crippen LogP contribution in [-0.2, 0) is 0 Å². The lowest BCUT2D eigenvalue weighted by Gasteiger charge is -2.36. The van der Waals surface area contributed by atoms with Crippen LogP contribution in [0.25, 0.3) is 0 Å². The third-order valence-electron chi connectivity index (χ3n) is 4.25. The molecule has 0 spiro atoms. The van der Waals surface area contributed by atoms with Gasteiger partial charge in [0.15, 0.2) is 0 Å². The number of hydrogen-bond acceptors (Lipinski definition) is 2. The van der Waals surface area contributed by atoms with Crippen LogP contribution in [0.3, 0.4) is 0 Å². The fraction of sp³-hybridized carbons (Fsp3) is 0.625. The first-order chi connectivity index (χ1) is 8.59. The molecular weight excluding hydrogens is 220 g/mol. The molecule has 18 heavy (non-hydrogen) atoms. The Labute approximate surface area is 111 Å². The molecule has 1 aliphatic rings. The van der Waals surface area contributed by atoms with Crippen LogP contribution in [0.4, 0.5) is 11.4 Å². The van der Waals surface area contributed by atoms with E-state index in [2.05, 4.69) is 62.4 Å². The van der Waals surface area contributed by atoms with E-state index in [1.165, 1.54) is 30.6 Å². The van der Waals surface area contributed by atoms with Gasteiger partial charge in [-0.15, -0.1) is 0 Å². The summed E-state index contributed by atoms with van der Waals surface area (Å²) in [5.41, 5.74) is 2.55. The fourth-order valence-electron chi connectivity index (χ4n) is 3.13. The van der Waals surface area contributed by atoms with Crippen molar-refractivity contribution in [1.29, 1.82) is 0 Å². The SMILES string of the molecule is CC1CCCC(C)C1Nc1ccccc1N(C)C. The highest BCUT2D eigenvalue weighted by molar-refractivity contribution is 5.69. The maximum atomic E-state index is 3.79. The monoisotopic (exact) mass is 246 g/mol. The van der Waals surface area contributed by atoms with E-state index in [-0.39, 0.29) is 0 Å². The van der Waals surface area contributed by atoms with E-state index < -0.39 is 0 Å². The summed E-state index contributed by atoms with van der Waals surface area (Å²) in [7, 11) is 4.21. The van der Waals surface area contributed by atoms with E-state index in [9.17, 15) is 0 Å². The molecule has 2 heteroatoms. The zero-order chi connectivity index (χ0) is 13.1. The normalized spacial score (nSPS) is 27.9. The molecule has 0 aliphatic heterocycles. The van der Waals surface area contributed by atoms with Gasteiger partial charge >= 0.3 is 0 Å². The Balaban J connectivity index is 2.17. The molecule has 1 aliphatic carbocycles. The van der Waals surface area contributed by atoms with Gasteiger partial charge in [0.2, 0.25) is 0 Å². The van der Waals surface area contributed by atoms with Gasteiger partial charge in [0, 0.05) is 20.1 Å². The molecule has 0 aromatic heterocycles. The topological polar surface area (TPSA) is 15.3 Å². The minimum absolute atomic E-state index is 0.611. The van der Waals surface area contributed by atoms with E-state index in [1.54, 1.807) is 0 Å². The van der Waals surface area contributed by atoms with Gasteiger partial charge in [0.25, 0.3) is 0 Å². The Morgan fingerprint density at radius 1 is 1.06 bits per heavy atom. The molecule has 1 aromatic rings. The lowest BCUT2D eigenvalue weighted by Crippen LogP contribution is -2.37. The predicted molar refractivity (Wildman–Crippen MR) is 80.4 cm³/mol. The van der Waals surface area contributed by atoms with Gasteiger partial charge in [-0.2, -0.15) is 0 Å². The van der Waals surface area contributed by atoms with Crippen LogP contribution in [0.5, 0.6) is 0 Å². The molecule has 0 heterocycles. The van der Waals surface area contributed by atoms with Gasteiger partial charge in [-0.3, -0.25) is 0 Å². The van der Waals surface area contributed by atoms with Crippen molar-refractivity contribution >= 4 is 11.4 Å². The van der Waals surface area contributed by atoms with Crippen molar-refractivity contribution in [1.82, 2.24) is 0 Å². The van der Waals surface area contributed by atoms with Crippen molar-refractivity contribution in [2.75, 3.05) is 24.3 Å². The minimum atomic E-state index is 0.611. The maximum absolute atomic E-state index is 3.79. The third-order valence-corrected chi connectivity index (χ3v) is 4.25. The van der Waals surface area contributed by atoms with Crippen LogP contribution in [0.15, 0.2) is 24.3 Å².